The van der Waals surface area contributed by atoms with Crippen LogP contribution in [0.4, 0.5) is 0 Å². The predicted octanol–water partition coefficient (Wildman–Crippen LogP) is 5.62. The van der Waals surface area contributed by atoms with Crippen molar-refractivity contribution in [1.82, 2.24) is 14.1 Å². The molecule has 0 N–H and O–H groups in total. The molecule has 1 aliphatic rings. The van der Waals surface area contributed by atoms with Crippen LogP contribution in [0.5, 0.6) is 0 Å². The number of nitrogens with zero attached hydrogens (tertiary/aromatic N) is 3. The van der Waals surface area contributed by atoms with E-state index in [2.05, 4.69) is 69.4 Å². The lowest BCUT2D eigenvalue weighted by Crippen LogP contribution is -2.52. The summed E-state index contributed by atoms with van der Waals surface area (Å²) in [6.45, 7) is 2.51. The first-order chi connectivity index (χ1) is 19.9. The van der Waals surface area contributed by atoms with E-state index in [0.29, 0.717) is 32.6 Å². The summed E-state index contributed by atoms with van der Waals surface area (Å²) in [7, 11) is -3.86. The number of benzene rings is 4. The lowest BCUT2D eigenvalue weighted by molar-refractivity contribution is -0.133. The maximum Gasteiger partial charge on any atom is 0.243 e. The van der Waals surface area contributed by atoms with Gasteiger partial charge in [0.15, 0.2) is 0 Å². The number of hydrogen-bond donors (Lipinski definition) is 0. The molecule has 0 unspecified atom stereocenters. The third-order valence-corrected chi connectivity index (χ3v) is 9.91. The van der Waals surface area contributed by atoms with E-state index in [0.717, 1.165) is 10.0 Å². The van der Waals surface area contributed by atoms with Crippen LogP contribution in [0.3, 0.4) is 0 Å². The minimum Gasteiger partial charge on any atom is -0.339 e. The minimum absolute atomic E-state index is 0.0924. The van der Waals surface area contributed by atoms with Gasteiger partial charge in [-0.05, 0) is 47.4 Å². The van der Waals surface area contributed by atoms with Crippen molar-refractivity contribution in [3.8, 4) is 0 Å². The molecule has 0 saturated carbocycles. The maximum absolute atomic E-state index is 13.7. The standard InChI is InChI=1S/C33H34BrN3O3S/c34-30-16-18-31(19-17-30)41(39,40)37(21-20-27-10-4-1-5-11-27)26-32(38)35-22-24-36(25-23-35)33(28-12-6-2-7-13-28)29-14-8-3-9-15-29/h1-19,33H,20-26H2. The van der Waals surface area contributed by atoms with E-state index >= 15 is 0 Å². The zero-order valence-electron chi connectivity index (χ0n) is 22.8. The fourth-order valence-corrected chi connectivity index (χ4v) is 6.96. The van der Waals surface area contributed by atoms with Crippen LogP contribution in [-0.2, 0) is 21.2 Å². The summed E-state index contributed by atoms with van der Waals surface area (Å²) >= 11 is 3.37. The molecule has 0 radical (unpaired) electrons. The molecule has 1 amide bonds. The number of halogens is 1. The van der Waals surface area contributed by atoms with Gasteiger partial charge in [-0.1, -0.05) is 107 Å². The summed E-state index contributed by atoms with van der Waals surface area (Å²) < 4.78 is 29.5. The Morgan fingerprint density at radius 2 is 1.24 bits per heavy atom. The molecule has 41 heavy (non-hydrogen) atoms. The Hall–Kier alpha value is -3.30. The number of carbonyl (C=O) groups is 1. The Labute approximate surface area is 251 Å². The predicted molar refractivity (Wildman–Crippen MR) is 166 cm³/mol. The van der Waals surface area contributed by atoms with E-state index in [4.69, 9.17) is 0 Å². The second-order valence-electron chi connectivity index (χ2n) is 10.2. The molecule has 8 heteroatoms. The van der Waals surface area contributed by atoms with Crippen LogP contribution < -0.4 is 0 Å². The summed E-state index contributed by atoms with van der Waals surface area (Å²) in [5.41, 5.74) is 3.45. The Morgan fingerprint density at radius 1 is 0.732 bits per heavy atom. The van der Waals surface area contributed by atoms with Crippen LogP contribution in [-0.4, -0.2) is 67.7 Å². The number of sulfonamides is 1. The third-order valence-electron chi connectivity index (χ3n) is 7.52. The van der Waals surface area contributed by atoms with Crippen molar-refractivity contribution in [3.05, 3.63) is 136 Å². The van der Waals surface area contributed by atoms with E-state index in [1.54, 1.807) is 29.2 Å². The molecule has 0 aliphatic carbocycles. The Morgan fingerprint density at radius 3 is 1.78 bits per heavy atom. The van der Waals surface area contributed by atoms with Crippen LogP contribution in [0, 0.1) is 0 Å². The Balaban J connectivity index is 1.30. The van der Waals surface area contributed by atoms with Crippen molar-refractivity contribution in [2.75, 3.05) is 39.3 Å². The topological polar surface area (TPSA) is 60.9 Å². The fraction of sp³-hybridized carbons (Fsp3) is 0.242. The normalized spacial score (nSPS) is 14.5. The number of carbonyl (C=O) groups excluding carboxylic acids is 1. The largest absolute Gasteiger partial charge is 0.339 e. The van der Waals surface area contributed by atoms with Gasteiger partial charge in [-0.15, -0.1) is 0 Å². The number of piperazine rings is 1. The second-order valence-corrected chi connectivity index (χ2v) is 13.0. The summed E-state index contributed by atoms with van der Waals surface area (Å²) in [6.07, 6.45) is 0.521. The van der Waals surface area contributed by atoms with Crippen molar-refractivity contribution in [2.45, 2.75) is 17.4 Å². The average Bonchev–Trinajstić information content (AvgIpc) is 3.01. The molecule has 1 heterocycles. The molecular formula is C33H34BrN3O3S. The van der Waals surface area contributed by atoms with Gasteiger partial charge in [-0.2, -0.15) is 4.31 Å². The summed E-state index contributed by atoms with van der Waals surface area (Å²) in [5, 5.41) is 0. The van der Waals surface area contributed by atoms with E-state index in [9.17, 15) is 13.2 Å². The van der Waals surface area contributed by atoms with Gasteiger partial charge in [0.2, 0.25) is 15.9 Å². The van der Waals surface area contributed by atoms with Gasteiger partial charge in [0.05, 0.1) is 17.5 Å². The van der Waals surface area contributed by atoms with E-state index in [-0.39, 0.29) is 29.9 Å². The van der Waals surface area contributed by atoms with Gasteiger partial charge < -0.3 is 4.90 Å². The van der Waals surface area contributed by atoms with Crippen molar-refractivity contribution in [1.29, 1.82) is 0 Å². The molecule has 1 fully saturated rings. The first-order valence-corrected chi connectivity index (χ1v) is 16.1. The lowest BCUT2D eigenvalue weighted by atomic mass is 9.96. The summed E-state index contributed by atoms with van der Waals surface area (Å²) in [6, 6.07) is 37.3. The van der Waals surface area contributed by atoms with Crippen LogP contribution in [0.2, 0.25) is 0 Å². The molecular weight excluding hydrogens is 598 g/mol. The van der Waals surface area contributed by atoms with E-state index in [1.807, 2.05) is 42.5 Å². The van der Waals surface area contributed by atoms with Crippen molar-refractivity contribution in [3.63, 3.8) is 0 Å². The monoisotopic (exact) mass is 631 g/mol. The molecule has 0 bridgehead atoms. The van der Waals surface area contributed by atoms with Gasteiger partial charge in [0.1, 0.15) is 0 Å². The highest BCUT2D eigenvalue weighted by Crippen LogP contribution is 2.29. The molecule has 212 valence electrons. The van der Waals surface area contributed by atoms with Gasteiger partial charge in [0, 0.05) is 37.2 Å². The first kappa shape index (κ1) is 29.2. The Bertz CT molecular complexity index is 1470. The summed E-state index contributed by atoms with van der Waals surface area (Å²) in [4.78, 5) is 17.9. The van der Waals surface area contributed by atoms with Gasteiger partial charge in [0.25, 0.3) is 0 Å². The Kier molecular flexibility index (Phi) is 9.67. The number of amides is 1. The van der Waals surface area contributed by atoms with Crippen LogP contribution in [0.15, 0.2) is 125 Å². The number of hydrogen-bond acceptors (Lipinski definition) is 4. The van der Waals surface area contributed by atoms with Gasteiger partial charge >= 0.3 is 0 Å². The molecule has 4 aromatic rings. The lowest BCUT2D eigenvalue weighted by Gasteiger charge is -2.40. The van der Waals surface area contributed by atoms with Crippen LogP contribution >= 0.6 is 15.9 Å². The zero-order valence-corrected chi connectivity index (χ0v) is 25.3. The molecule has 5 rings (SSSR count). The highest BCUT2D eigenvalue weighted by Gasteiger charge is 2.32. The van der Waals surface area contributed by atoms with Crippen molar-refractivity contribution >= 4 is 31.9 Å². The smallest absolute Gasteiger partial charge is 0.243 e. The molecule has 6 nitrogen and oxygen atoms in total. The second kappa shape index (κ2) is 13.6. The maximum atomic E-state index is 13.7. The molecule has 1 saturated heterocycles. The SMILES string of the molecule is O=C(CN(CCc1ccccc1)S(=O)(=O)c1ccc(Br)cc1)N1CCN(C(c2ccccc2)c2ccccc2)CC1. The first-order valence-electron chi connectivity index (χ1n) is 13.8. The molecule has 4 aromatic carbocycles. The highest BCUT2D eigenvalue weighted by molar-refractivity contribution is 9.10. The molecule has 0 atom stereocenters. The van der Waals surface area contributed by atoms with Gasteiger partial charge in [-0.3, -0.25) is 9.69 Å². The minimum atomic E-state index is -3.86. The third kappa shape index (κ3) is 7.32. The quantitative estimate of drug-likeness (QED) is 0.228. The molecule has 0 aromatic heterocycles. The van der Waals surface area contributed by atoms with Crippen LogP contribution in [0.1, 0.15) is 22.7 Å². The van der Waals surface area contributed by atoms with Gasteiger partial charge in [-0.25, -0.2) is 8.42 Å². The average molecular weight is 633 g/mol. The fourth-order valence-electron chi connectivity index (χ4n) is 5.30. The molecule has 1 aliphatic heterocycles. The van der Waals surface area contributed by atoms with Crippen LogP contribution in [0.25, 0.3) is 0 Å². The van der Waals surface area contributed by atoms with Crippen molar-refractivity contribution in [2.24, 2.45) is 0 Å². The van der Waals surface area contributed by atoms with E-state index in [1.165, 1.54) is 15.4 Å². The molecule has 0 spiro atoms. The number of rotatable bonds is 10. The van der Waals surface area contributed by atoms with E-state index < -0.39 is 10.0 Å². The summed E-state index contributed by atoms with van der Waals surface area (Å²) in [5.74, 6) is -0.172. The van der Waals surface area contributed by atoms with Crippen molar-refractivity contribution < 1.29 is 13.2 Å². The zero-order chi connectivity index (χ0) is 28.7. The highest BCUT2D eigenvalue weighted by atomic mass is 79.9.